The summed E-state index contributed by atoms with van der Waals surface area (Å²) >= 11 is 0. The molecule has 1 atom stereocenters. The molecule has 3 heteroatoms. The van der Waals surface area contributed by atoms with Crippen molar-refractivity contribution in [3.8, 4) is 0 Å². The van der Waals surface area contributed by atoms with E-state index in [-0.39, 0.29) is 11.7 Å². The molecule has 0 amide bonds. The van der Waals surface area contributed by atoms with Crippen LogP contribution in [0.15, 0.2) is 0 Å². The molecule has 0 aromatic carbocycles. The number of carbonyl (C=O) groups excluding carboxylic acids is 1. The predicted molar refractivity (Wildman–Crippen MR) is 36.7 cm³/mol. The van der Waals surface area contributed by atoms with Crippen molar-refractivity contribution in [3.05, 3.63) is 0 Å². The van der Waals surface area contributed by atoms with E-state index >= 15 is 0 Å². The summed E-state index contributed by atoms with van der Waals surface area (Å²) in [5, 5.41) is 0. The van der Waals surface area contributed by atoms with Crippen molar-refractivity contribution in [2.24, 2.45) is 11.8 Å². The largest absolute Gasteiger partial charge is 0.299 e. The summed E-state index contributed by atoms with van der Waals surface area (Å²) < 4.78 is 0. The third kappa shape index (κ3) is 3.21. The van der Waals surface area contributed by atoms with E-state index in [9.17, 15) is 4.79 Å². The number of hydrogen-bond acceptors (Lipinski definition) is 3. The fourth-order valence-corrected chi connectivity index (χ4v) is 0.639. The van der Waals surface area contributed by atoms with E-state index in [1.807, 2.05) is 13.8 Å². The minimum Gasteiger partial charge on any atom is -0.299 e. The number of nitrogens with two attached hydrogens (primary N) is 1. The van der Waals surface area contributed by atoms with Crippen LogP contribution in [0.2, 0.25) is 0 Å². The summed E-state index contributed by atoms with van der Waals surface area (Å²) in [6, 6.07) is 0. The zero-order chi connectivity index (χ0) is 7.28. The summed E-state index contributed by atoms with van der Waals surface area (Å²) in [5.41, 5.74) is 2.46. The molecule has 0 aromatic rings. The van der Waals surface area contributed by atoms with Gasteiger partial charge >= 0.3 is 0 Å². The molecule has 0 saturated heterocycles. The molecule has 0 aliphatic rings. The van der Waals surface area contributed by atoms with Crippen LogP contribution in [0.5, 0.6) is 0 Å². The summed E-state index contributed by atoms with van der Waals surface area (Å²) in [7, 11) is 0. The van der Waals surface area contributed by atoms with Gasteiger partial charge in [-0.25, -0.2) is 0 Å². The van der Waals surface area contributed by atoms with Gasteiger partial charge < -0.3 is 0 Å². The summed E-state index contributed by atoms with van der Waals surface area (Å²) in [4.78, 5) is 10.8. The summed E-state index contributed by atoms with van der Waals surface area (Å²) in [6.07, 6.45) is 0.600. The molecule has 0 unspecified atom stereocenters. The minimum absolute atomic E-state index is 0.0556. The molecule has 0 heterocycles. The molecular weight excluding hydrogens is 116 g/mol. The van der Waals surface area contributed by atoms with Crippen LogP contribution >= 0.6 is 0 Å². The number of rotatable bonds is 4. The van der Waals surface area contributed by atoms with Gasteiger partial charge in [0, 0.05) is 18.9 Å². The van der Waals surface area contributed by atoms with Gasteiger partial charge in [-0.2, -0.15) is 0 Å². The topological polar surface area (TPSA) is 55.1 Å². The zero-order valence-electron chi connectivity index (χ0n) is 5.98. The number of ketones is 1. The second-order valence-corrected chi connectivity index (χ2v) is 2.13. The quantitative estimate of drug-likeness (QED) is 0.418. The van der Waals surface area contributed by atoms with Crippen molar-refractivity contribution in [3.63, 3.8) is 0 Å². The highest BCUT2D eigenvalue weighted by molar-refractivity contribution is 5.80. The molecule has 0 spiro atoms. The van der Waals surface area contributed by atoms with Gasteiger partial charge in [-0.3, -0.25) is 16.1 Å². The van der Waals surface area contributed by atoms with Gasteiger partial charge in [0.05, 0.1) is 0 Å². The molecule has 54 valence electrons. The minimum atomic E-state index is 0.0556. The van der Waals surface area contributed by atoms with E-state index in [0.29, 0.717) is 13.0 Å². The Hall–Kier alpha value is -0.410. The Kier molecular flexibility index (Phi) is 4.26. The predicted octanol–water partition coefficient (Wildman–Crippen LogP) is 0.0649. The van der Waals surface area contributed by atoms with Gasteiger partial charge in [0.25, 0.3) is 0 Å². The average Bonchev–Trinajstić information content (AvgIpc) is 1.87. The van der Waals surface area contributed by atoms with Crippen LogP contribution in [-0.4, -0.2) is 12.3 Å². The van der Waals surface area contributed by atoms with Crippen LogP contribution in [0.1, 0.15) is 20.3 Å². The Morgan fingerprint density at radius 3 is 2.67 bits per heavy atom. The molecule has 0 aromatic heterocycles. The number of nitrogens with one attached hydrogen (secondary N) is 1. The van der Waals surface area contributed by atoms with E-state index in [0.717, 1.165) is 0 Å². The highest BCUT2D eigenvalue weighted by atomic mass is 16.1. The van der Waals surface area contributed by atoms with Crippen LogP contribution < -0.4 is 11.3 Å². The van der Waals surface area contributed by atoms with Gasteiger partial charge in [0.15, 0.2) is 0 Å². The van der Waals surface area contributed by atoms with E-state index in [1.165, 1.54) is 0 Å². The number of hydrazine groups is 1. The Bertz CT molecular complexity index is 93.1. The van der Waals surface area contributed by atoms with E-state index < -0.39 is 0 Å². The molecule has 0 rings (SSSR count). The van der Waals surface area contributed by atoms with Gasteiger partial charge in [-0.1, -0.05) is 13.8 Å². The molecule has 0 saturated carbocycles. The smallest absolute Gasteiger partial charge is 0.136 e. The molecule has 9 heavy (non-hydrogen) atoms. The first kappa shape index (κ1) is 8.59. The van der Waals surface area contributed by atoms with Crippen molar-refractivity contribution in [1.82, 2.24) is 5.43 Å². The van der Waals surface area contributed by atoms with Crippen LogP contribution in [0.25, 0.3) is 0 Å². The fraction of sp³-hybridized carbons (Fsp3) is 0.833. The highest BCUT2D eigenvalue weighted by Gasteiger charge is 2.07. The maximum absolute atomic E-state index is 10.8. The third-order valence-electron chi connectivity index (χ3n) is 1.32. The Labute approximate surface area is 55.6 Å². The average molecular weight is 130 g/mol. The molecule has 0 bridgehead atoms. The van der Waals surface area contributed by atoms with Crippen molar-refractivity contribution in [2.75, 3.05) is 6.54 Å². The maximum atomic E-state index is 10.8. The number of hydrogen-bond donors (Lipinski definition) is 2. The first-order valence-electron chi connectivity index (χ1n) is 3.18. The van der Waals surface area contributed by atoms with Crippen molar-refractivity contribution in [2.45, 2.75) is 20.3 Å². The third-order valence-corrected chi connectivity index (χ3v) is 1.32. The van der Waals surface area contributed by atoms with Gasteiger partial charge in [0.2, 0.25) is 0 Å². The van der Waals surface area contributed by atoms with Crippen LogP contribution in [-0.2, 0) is 4.79 Å². The van der Waals surface area contributed by atoms with Gasteiger partial charge in [0.1, 0.15) is 5.78 Å². The maximum Gasteiger partial charge on any atom is 0.136 e. The lowest BCUT2D eigenvalue weighted by Gasteiger charge is -2.05. The lowest BCUT2D eigenvalue weighted by atomic mass is 10.1. The molecule has 0 aliphatic carbocycles. The van der Waals surface area contributed by atoms with Crippen molar-refractivity contribution >= 4 is 5.78 Å². The lowest BCUT2D eigenvalue weighted by Crippen LogP contribution is -2.31. The van der Waals surface area contributed by atoms with E-state index in [2.05, 4.69) is 5.43 Å². The standard InChI is InChI=1S/C6H14N2O/c1-3-6(9)5(2)4-8-7/h5,8H,3-4,7H2,1-2H3/t5-/m0/s1. The second kappa shape index (κ2) is 4.47. The van der Waals surface area contributed by atoms with Crippen LogP contribution in [0, 0.1) is 5.92 Å². The Morgan fingerprint density at radius 2 is 2.33 bits per heavy atom. The summed E-state index contributed by atoms with van der Waals surface area (Å²) in [6.45, 7) is 4.30. The zero-order valence-corrected chi connectivity index (χ0v) is 5.98. The van der Waals surface area contributed by atoms with Gasteiger partial charge in [-0.15, -0.1) is 0 Å². The monoisotopic (exact) mass is 130 g/mol. The highest BCUT2D eigenvalue weighted by Crippen LogP contribution is 1.96. The molecule has 0 aliphatic heterocycles. The first-order chi connectivity index (χ1) is 4.22. The lowest BCUT2D eigenvalue weighted by molar-refractivity contribution is -0.121. The Morgan fingerprint density at radius 1 is 1.78 bits per heavy atom. The van der Waals surface area contributed by atoms with Crippen LogP contribution in [0.3, 0.4) is 0 Å². The summed E-state index contributed by atoms with van der Waals surface area (Å²) in [5.74, 6) is 5.33. The number of Topliss-reactive ketones (excluding diaryl/α,β-unsaturated/α-hetero) is 1. The molecule has 3 nitrogen and oxygen atoms in total. The van der Waals surface area contributed by atoms with E-state index in [4.69, 9.17) is 5.84 Å². The molecule has 3 N–H and O–H groups in total. The van der Waals surface area contributed by atoms with Crippen molar-refractivity contribution < 1.29 is 4.79 Å². The normalized spacial score (nSPS) is 13.2. The molecule has 0 radical (unpaired) electrons. The number of carbonyl (C=O) groups is 1. The molecule has 0 fully saturated rings. The second-order valence-electron chi connectivity index (χ2n) is 2.13. The van der Waals surface area contributed by atoms with E-state index in [1.54, 1.807) is 0 Å². The Balaban J connectivity index is 3.45. The molecular formula is C6H14N2O. The van der Waals surface area contributed by atoms with Gasteiger partial charge in [-0.05, 0) is 0 Å². The SMILES string of the molecule is CCC(=O)[C@@H](C)CNN. The fourth-order valence-electron chi connectivity index (χ4n) is 0.639. The first-order valence-corrected chi connectivity index (χ1v) is 3.18. The van der Waals surface area contributed by atoms with Crippen LogP contribution in [0.4, 0.5) is 0 Å². The van der Waals surface area contributed by atoms with Crippen molar-refractivity contribution in [1.29, 1.82) is 0 Å².